The highest BCUT2D eigenvalue weighted by atomic mass is 16.6. The molecule has 2 aliphatic rings. The van der Waals surface area contributed by atoms with Crippen molar-refractivity contribution in [1.29, 1.82) is 0 Å². The van der Waals surface area contributed by atoms with Gasteiger partial charge in [-0.05, 0) is 32.6 Å². The lowest BCUT2D eigenvalue weighted by molar-refractivity contribution is -0.274. The van der Waals surface area contributed by atoms with E-state index in [0.29, 0.717) is 18.5 Å². The molecule has 1 aliphatic heterocycles. The number of hydrogen-bond acceptors (Lipinski definition) is 4. The maximum absolute atomic E-state index is 11.1. The van der Waals surface area contributed by atoms with Gasteiger partial charge in [0.15, 0.2) is 0 Å². The van der Waals surface area contributed by atoms with E-state index in [1.807, 2.05) is 13.8 Å². The molecule has 112 valence electrons. The highest BCUT2D eigenvalue weighted by molar-refractivity contribution is 5.09. The normalized spacial score (nSPS) is 43.7. The van der Waals surface area contributed by atoms with E-state index in [0.717, 1.165) is 6.42 Å². The summed E-state index contributed by atoms with van der Waals surface area (Å²) in [5, 5.41) is 14.5. The predicted molar refractivity (Wildman–Crippen MR) is 75.2 cm³/mol. The molecule has 2 rings (SSSR count). The summed E-state index contributed by atoms with van der Waals surface area (Å²) in [7, 11) is 1.69. The lowest BCUT2D eigenvalue weighted by atomic mass is 9.72. The van der Waals surface area contributed by atoms with Crippen LogP contribution in [0.3, 0.4) is 0 Å². The quantitative estimate of drug-likeness (QED) is 0.799. The second kappa shape index (κ2) is 5.32. The molecular formula is C15H29NO3. The van der Waals surface area contributed by atoms with Gasteiger partial charge in [-0.3, -0.25) is 0 Å². The Kier molecular flexibility index (Phi) is 4.26. The molecule has 1 aliphatic carbocycles. The average molecular weight is 271 g/mol. The summed E-state index contributed by atoms with van der Waals surface area (Å²) in [4.78, 5) is 0. The molecule has 19 heavy (non-hydrogen) atoms. The average Bonchev–Trinajstić information content (AvgIpc) is 3.17. The van der Waals surface area contributed by atoms with Crippen LogP contribution >= 0.6 is 0 Å². The van der Waals surface area contributed by atoms with Gasteiger partial charge in [-0.15, -0.1) is 0 Å². The molecular weight excluding hydrogens is 242 g/mol. The molecule has 0 aromatic heterocycles. The number of hydrogen-bond donors (Lipinski definition) is 2. The Balaban J connectivity index is 2.14. The fourth-order valence-electron chi connectivity index (χ4n) is 2.98. The van der Waals surface area contributed by atoms with Crippen LogP contribution in [0.1, 0.15) is 47.0 Å². The van der Waals surface area contributed by atoms with Crippen LogP contribution < -0.4 is 5.32 Å². The monoisotopic (exact) mass is 271 g/mol. The van der Waals surface area contributed by atoms with Gasteiger partial charge in [0.1, 0.15) is 5.60 Å². The molecule has 1 saturated heterocycles. The molecule has 4 unspecified atom stereocenters. The van der Waals surface area contributed by atoms with Crippen molar-refractivity contribution in [2.45, 2.75) is 76.4 Å². The van der Waals surface area contributed by atoms with E-state index in [2.05, 4.69) is 19.2 Å². The molecule has 0 amide bonds. The van der Waals surface area contributed by atoms with Crippen molar-refractivity contribution >= 4 is 0 Å². The second-order valence-electron chi connectivity index (χ2n) is 6.78. The van der Waals surface area contributed by atoms with E-state index in [1.165, 1.54) is 12.8 Å². The molecule has 2 N–H and O–H groups in total. The lowest BCUT2D eigenvalue weighted by Crippen LogP contribution is -2.70. The number of ether oxygens (including phenoxy) is 2. The van der Waals surface area contributed by atoms with Crippen molar-refractivity contribution in [1.82, 2.24) is 5.32 Å². The van der Waals surface area contributed by atoms with Crippen molar-refractivity contribution < 1.29 is 14.6 Å². The van der Waals surface area contributed by atoms with Crippen molar-refractivity contribution in [3.05, 3.63) is 0 Å². The van der Waals surface area contributed by atoms with Gasteiger partial charge in [-0.25, -0.2) is 0 Å². The smallest absolute Gasteiger partial charge is 0.131 e. The molecule has 2 fully saturated rings. The van der Waals surface area contributed by atoms with E-state index in [4.69, 9.17) is 9.47 Å². The summed E-state index contributed by atoms with van der Waals surface area (Å²) in [6.45, 7) is 8.81. The first-order valence-corrected chi connectivity index (χ1v) is 7.49. The predicted octanol–water partition coefficient (Wildman–Crippen LogP) is 1.71. The Bertz CT molecular complexity index is 319. The number of rotatable bonds is 5. The highest BCUT2D eigenvalue weighted by Crippen LogP contribution is 2.41. The van der Waals surface area contributed by atoms with Gasteiger partial charge >= 0.3 is 0 Å². The maximum atomic E-state index is 11.1. The summed E-state index contributed by atoms with van der Waals surface area (Å²) < 4.78 is 11.8. The molecule has 4 nitrogen and oxygen atoms in total. The van der Waals surface area contributed by atoms with Crippen LogP contribution in [0.5, 0.6) is 0 Å². The molecule has 0 spiro atoms. The van der Waals surface area contributed by atoms with Gasteiger partial charge in [0.25, 0.3) is 0 Å². The third kappa shape index (κ3) is 2.82. The van der Waals surface area contributed by atoms with Crippen LogP contribution in [0.4, 0.5) is 0 Å². The fourth-order valence-corrected chi connectivity index (χ4v) is 2.98. The molecule has 1 saturated carbocycles. The van der Waals surface area contributed by atoms with Crippen molar-refractivity contribution in [2.75, 3.05) is 13.7 Å². The van der Waals surface area contributed by atoms with Gasteiger partial charge in [0, 0.05) is 26.1 Å². The third-order valence-corrected chi connectivity index (χ3v) is 4.99. The first-order chi connectivity index (χ1) is 8.82. The summed E-state index contributed by atoms with van der Waals surface area (Å²) in [6, 6.07) is 0.570. The SMILES string of the molecule is COC1(C)CC(C(C)C)OC(C)C1(O)CNC1CC1. The van der Waals surface area contributed by atoms with Gasteiger partial charge in [-0.2, -0.15) is 0 Å². The zero-order chi connectivity index (χ0) is 14.3. The van der Waals surface area contributed by atoms with Crippen molar-refractivity contribution in [3.63, 3.8) is 0 Å². The Morgan fingerprint density at radius 1 is 1.42 bits per heavy atom. The highest BCUT2D eigenvalue weighted by Gasteiger charge is 2.57. The van der Waals surface area contributed by atoms with Crippen LogP contribution in [0.15, 0.2) is 0 Å². The van der Waals surface area contributed by atoms with Crippen molar-refractivity contribution in [2.24, 2.45) is 5.92 Å². The van der Waals surface area contributed by atoms with Gasteiger partial charge in [-0.1, -0.05) is 13.8 Å². The number of nitrogens with one attached hydrogen (secondary N) is 1. The van der Waals surface area contributed by atoms with E-state index < -0.39 is 11.2 Å². The zero-order valence-corrected chi connectivity index (χ0v) is 12.9. The Labute approximate surface area is 116 Å². The molecule has 0 aromatic carbocycles. The minimum absolute atomic E-state index is 0.140. The Morgan fingerprint density at radius 2 is 2.05 bits per heavy atom. The molecule has 0 radical (unpaired) electrons. The van der Waals surface area contributed by atoms with E-state index in [9.17, 15) is 5.11 Å². The first kappa shape index (κ1) is 15.2. The third-order valence-electron chi connectivity index (χ3n) is 4.99. The van der Waals surface area contributed by atoms with Crippen LogP contribution in [-0.4, -0.2) is 48.2 Å². The van der Waals surface area contributed by atoms with Crippen LogP contribution in [0, 0.1) is 5.92 Å². The van der Waals surface area contributed by atoms with E-state index in [1.54, 1.807) is 7.11 Å². The van der Waals surface area contributed by atoms with Gasteiger partial charge < -0.3 is 19.9 Å². The molecule has 4 atom stereocenters. The van der Waals surface area contributed by atoms with Gasteiger partial charge in [0.05, 0.1) is 17.8 Å². The van der Waals surface area contributed by atoms with E-state index >= 15 is 0 Å². The maximum Gasteiger partial charge on any atom is 0.131 e. The van der Waals surface area contributed by atoms with E-state index in [-0.39, 0.29) is 12.2 Å². The molecule has 1 heterocycles. The minimum atomic E-state index is -0.976. The summed E-state index contributed by atoms with van der Waals surface area (Å²) in [6.07, 6.45) is 3.06. The standard InChI is InChI=1S/C15H29NO3/c1-10(2)13-8-14(4,18-5)15(17,11(3)19-13)9-16-12-6-7-12/h10-13,16-17H,6-9H2,1-5H3. The molecule has 0 aromatic rings. The largest absolute Gasteiger partial charge is 0.383 e. The molecule has 4 heteroatoms. The molecule has 0 bridgehead atoms. The zero-order valence-electron chi connectivity index (χ0n) is 12.9. The van der Waals surface area contributed by atoms with Crippen LogP contribution in [0.25, 0.3) is 0 Å². The number of methoxy groups -OCH3 is 1. The first-order valence-electron chi connectivity index (χ1n) is 7.49. The van der Waals surface area contributed by atoms with Gasteiger partial charge in [0.2, 0.25) is 0 Å². The summed E-state index contributed by atoms with van der Waals surface area (Å²) in [5.74, 6) is 0.429. The summed E-state index contributed by atoms with van der Waals surface area (Å²) in [5.41, 5.74) is -1.54. The Hall–Kier alpha value is -0.160. The van der Waals surface area contributed by atoms with Crippen molar-refractivity contribution in [3.8, 4) is 0 Å². The van der Waals surface area contributed by atoms with Crippen LogP contribution in [0.2, 0.25) is 0 Å². The topological polar surface area (TPSA) is 50.7 Å². The number of aliphatic hydroxyl groups is 1. The minimum Gasteiger partial charge on any atom is -0.383 e. The van der Waals surface area contributed by atoms with Crippen LogP contribution in [-0.2, 0) is 9.47 Å². The second-order valence-corrected chi connectivity index (χ2v) is 6.78. The fraction of sp³-hybridized carbons (Fsp3) is 1.00. The Morgan fingerprint density at radius 3 is 2.53 bits per heavy atom. The lowest BCUT2D eigenvalue weighted by Gasteiger charge is -2.54. The summed E-state index contributed by atoms with van der Waals surface area (Å²) >= 11 is 0.